The Labute approximate surface area is 71.4 Å². The number of imidazole rings is 1. The molecule has 0 amide bonds. The maximum absolute atomic E-state index is 10.5. The standard InChI is InChI=1S/C8H13N2O2/c1-7(11)12-6-8-9(2)4-5-10(8)3/h4-5H,6H2,1-3H3/q+1. The molecule has 1 aromatic heterocycles. The molecule has 0 spiro atoms. The Kier molecular flexibility index (Phi) is 2.47. The first-order valence-corrected chi connectivity index (χ1v) is 3.74. The quantitative estimate of drug-likeness (QED) is 0.458. The number of carbonyl (C=O) groups is 1. The third kappa shape index (κ3) is 1.84. The molecule has 0 N–H and O–H groups in total. The highest BCUT2D eigenvalue weighted by Gasteiger charge is 2.11. The van der Waals surface area contributed by atoms with E-state index in [0.717, 1.165) is 5.82 Å². The van der Waals surface area contributed by atoms with E-state index in [2.05, 4.69) is 0 Å². The van der Waals surface area contributed by atoms with Crippen LogP contribution >= 0.6 is 0 Å². The first kappa shape index (κ1) is 8.77. The summed E-state index contributed by atoms with van der Waals surface area (Å²) < 4.78 is 8.71. The fraction of sp³-hybridized carbons (Fsp3) is 0.500. The fourth-order valence-corrected chi connectivity index (χ4v) is 0.991. The predicted octanol–water partition coefficient (Wildman–Crippen LogP) is -0.0873. The summed E-state index contributed by atoms with van der Waals surface area (Å²) in [7, 11) is 3.83. The van der Waals surface area contributed by atoms with Crippen molar-refractivity contribution in [2.45, 2.75) is 13.5 Å². The van der Waals surface area contributed by atoms with Crippen LogP contribution in [0.2, 0.25) is 0 Å². The summed E-state index contributed by atoms with van der Waals surface area (Å²) in [5.74, 6) is 0.710. The summed E-state index contributed by atoms with van der Waals surface area (Å²) in [5.41, 5.74) is 0. The zero-order chi connectivity index (χ0) is 9.14. The SMILES string of the molecule is CC(=O)OCc1n(C)cc[n+]1C. The average molecular weight is 169 g/mol. The van der Waals surface area contributed by atoms with Crippen molar-refractivity contribution in [2.75, 3.05) is 0 Å². The van der Waals surface area contributed by atoms with E-state index in [1.54, 1.807) is 0 Å². The molecule has 4 nitrogen and oxygen atoms in total. The number of aryl methyl sites for hydroxylation is 2. The van der Waals surface area contributed by atoms with Crippen LogP contribution in [0.4, 0.5) is 0 Å². The zero-order valence-electron chi connectivity index (χ0n) is 7.57. The fourth-order valence-electron chi connectivity index (χ4n) is 0.991. The van der Waals surface area contributed by atoms with Crippen LogP contribution in [0.5, 0.6) is 0 Å². The lowest BCUT2D eigenvalue weighted by atomic mass is 10.6. The zero-order valence-corrected chi connectivity index (χ0v) is 7.57. The monoisotopic (exact) mass is 169 g/mol. The molecule has 0 aliphatic rings. The van der Waals surface area contributed by atoms with Gasteiger partial charge in [0.25, 0.3) is 5.82 Å². The number of hydrogen-bond donors (Lipinski definition) is 0. The third-order valence-corrected chi connectivity index (χ3v) is 1.73. The van der Waals surface area contributed by atoms with Crippen LogP contribution in [-0.4, -0.2) is 10.5 Å². The highest BCUT2D eigenvalue weighted by atomic mass is 16.5. The van der Waals surface area contributed by atoms with Gasteiger partial charge in [0.15, 0.2) is 6.61 Å². The molecule has 1 rings (SSSR count). The van der Waals surface area contributed by atoms with Crippen LogP contribution in [0.3, 0.4) is 0 Å². The van der Waals surface area contributed by atoms with Crippen LogP contribution in [0.25, 0.3) is 0 Å². The van der Waals surface area contributed by atoms with E-state index in [4.69, 9.17) is 4.74 Å². The van der Waals surface area contributed by atoms with Crippen LogP contribution in [0, 0.1) is 0 Å². The van der Waals surface area contributed by atoms with Crippen molar-refractivity contribution in [2.24, 2.45) is 14.1 Å². The van der Waals surface area contributed by atoms with Crippen LogP contribution in [0.15, 0.2) is 12.4 Å². The van der Waals surface area contributed by atoms with Gasteiger partial charge >= 0.3 is 5.97 Å². The highest BCUT2D eigenvalue weighted by Crippen LogP contribution is 1.94. The molecule has 12 heavy (non-hydrogen) atoms. The average Bonchev–Trinajstić information content (AvgIpc) is 2.28. The van der Waals surface area contributed by atoms with E-state index >= 15 is 0 Å². The van der Waals surface area contributed by atoms with Crippen molar-refractivity contribution in [3.8, 4) is 0 Å². The van der Waals surface area contributed by atoms with Gasteiger partial charge in [0, 0.05) is 6.92 Å². The minimum absolute atomic E-state index is 0.254. The summed E-state index contributed by atoms with van der Waals surface area (Å²) in [5, 5.41) is 0. The van der Waals surface area contributed by atoms with Crippen molar-refractivity contribution in [3.63, 3.8) is 0 Å². The molecule has 0 radical (unpaired) electrons. The molecule has 1 heterocycles. The molecule has 66 valence electrons. The summed E-state index contributed by atoms with van der Waals surface area (Å²) >= 11 is 0. The first-order valence-electron chi connectivity index (χ1n) is 3.74. The van der Waals surface area contributed by atoms with Gasteiger partial charge in [-0.05, 0) is 0 Å². The van der Waals surface area contributed by atoms with E-state index in [9.17, 15) is 4.79 Å². The number of hydrogen-bond acceptors (Lipinski definition) is 2. The summed E-state index contributed by atoms with van der Waals surface area (Å²) in [6.45, 7) is 1.73. The minimum atomic E-state index is -0.254. The Balaban J connectivity index is 2.68. The van der Waals surface area contributed by atoms with Crippen molar-refractivity contribution in [1.29, 1.82) is 0 Å². The van der Waals surface area contributed by atoms with Crippen molar-refractivity contribution >= 4 is 5.97 Å². The lowest BCUT2D eigenvalue weighted by molar-refractivity contribution is -0.680. The third-order valence-electron chi connectivity index (χ3n) is 1.73. The largest absolute Gasteiger partial charge is 0.453 e. The van der Waals surface area contributed by atoms with Gasteiger partial charge in [0.2, 0.25) is 0 Å². The van der Waals surface area contributed by atoms with Gasteiger partial charge in [-0.25, -0.2) is 9.13 Å². The molecule has 0 aliphatic carbocycles. The molecular formula is C8H13N2O2+. The van der Waals surface area contributed by atoms with E-state index < -0.39 is 0 Å². The predicted molar refractivity (Wildman–Crippen MR) is 42.1 cm³/mol. The first-order chi connectivity index (χ1) is 5.61. The van der Waals surface area contributed by atoms with E-state index in [-0.39, 0.29) is 5.97 Å². The van der Waals surface area contributed by atoms with Gasteiger partial charge < -0.3 is 4.74 Å². The topological polar surface area (TPSA) is 35.1 Å². The van der Waals surface area contributed by atoms with Crippen molar-refractivity contribution < 1.29 is 14.1 Å². The summed E-state index contributed by atoms with van der Waals surface area (Å²) in [4.78, 5) is 10.5. The van der Waals surface area contributed by atoms with Gasteiger partial charge in [0.05, 0.1) is 14.1 Å². The molecule has 0 aromatic carbocycles. The minimum Gasteiger partial charge on any atom is -0.453 e. The molecule has 0 saturated heterocycles. The normalized spacial score (nSPS) is 9.92. The number of rotatable bonds is 2. The van der Waals surface area contributed by atoms with Gasteiger partial charge in [-0.1, -0.05) is 0 Å². The molecule has 4 heteroatoms. The Morgan fingerprint density at radius 3 is 2.83 bits per heavy atom. The van der Waals surface area contributed by atoms with E-state index in [1.807, 2.05) is 35.6 Å². The maximum atomic E-state index is 10.5. The Hall–Kier alpha value is -1.32. The molecule has 0 saturated carbocycles. The maximum Gasteiger partial charge on any atom is 0.303 e. The van der Waals surface area contributed by atoms with E-state index in [0.29, 0.717) is 6.61 Å². The Bertz CT molecular complexity index is 272. The molecule has 0 unspecified atom stereocenters. The second kappa shape index (κ2) is 3.38. The summed E-state index contributed by atoms with van der Waals surface area (Å²) in [6.07, 6.45) is 3.83. The number of nitrogens with zero attached hydrogens (tertiary/aromatic N) is 2. The van der Waals surface area contributed by atoms with Gasteiger partial charge in [0.1, 0.15) is 12.4 Å². The number of carbonyl (C=O) groups excluding carboxylic acids is 1. The Morgan fingerprint density at radius 1 is 1.75 bits per heavy atom. The number of ether oxygens (including phenoxy) is 1. The molecular weight excluding hydrogens is 156 g/mol. The summed E-state index contributed by atoms with van der Waals surface area (Å²) in [6, 6.07) is 0. The molecule has 0 fully saturated rings. The molecule has 0 bridgehead atoms. The van der Waals surface area contributed by atoms with Crippen LogP contribution in [-0.2, 0) is 30.2 Å². The molecule has 1 aromatic rings. The van der Waals surface area contributed by atoms with Gasteiger partial charge in [-0.2, -0.15) is 0 Å². The Morgan fingerprint density at radius 2 is 2.42 bits per heavy atom. The van der Waals surface area contributed by atoms with E-state index in [1.165, 1.54) is 6.92 Å². The lowest BCUT2D eigenvalue weighted by Gasteiger charge is -1.98. The molecule has 0 aliphatic heterocycles. The van der Waals surface area contributed by atoms with Gasteiger partial charge in [-0.3, -0.25) is 4.79 Å². The van der Waals surface area contributed by atoms with Crippen molar-refractivity contribution in [1.82, 2.24) is 4.57 Å². The second-order valence-corrected chi connectivity index (χ2v) is 2.72. The number of esters is 1. The highest BCUT2D eigenvalue weighted by molar-refractivity contribution is 5.65. The second-order valence-electron chi connectivity index (χ2n) is 2.72. The van der Waals surface area contributed by atoms with Crippen LogP contribution in [0.1, 0.15) is 12.7 Å². The molecule has 0 atom stereocenters. The smallest absolute Gasteiger partial charge is 0.303 e. The number of aromatic nitrogens is 2. The lowest BCUT2D eigenvalue weighted by Crippen LogP contribution is -2.32. The van der Waals surface area contributed by atoms with Crippen molar-refractivity contribution in [3.05, 3.63) is 18.2 Å². The van der Waals surface area contributed by atoms with Gasteiger partial charge in [-0.15, -0.1) is 0 Å². The van der Waals surface area contributed by atoms with Crippen LogP contribution < -0.4 is 4.57 Å².